The van der Waals surface area contributed by atoms with Gasteiger partial charge in [-0.05, 0) is 28.2 Å². The first-order chi connectivity index (χ1) is 6.56. The molecule has 0 aliphatic heterocycles. The van der Waals surface area contributed by atoms with Crippen LogP contribution >= 0.6 is 0 Å². The summed E-state index contributed by atoms with van der Waals surface area (Å²) in [5.41, 5.74) is 2.41. The molecule has 1 unspecified atom stereocenters. The molecule has 0 aromatic rings. The van der Waals surface area contributed by atoms with E-state index in [1.54, 1.807) is 0 Å². The highest BCUT2D eigenvalue weighted by Gasteiger charge is 2.36. The third-order valence-corrected chi connectivity index (χ3v) is 3.96. The van der Waals surface area contributed by atoms with Crippen LogP contribution < -0.4 is 0 Å². The van der Waals surface area contributed by atoms with Crippen LogP contribution in [0.15, 0.2) is 23.8 Å². The van der Waals surface area contributed by atoms with Crippen LogP contribution in [-0.4, -0.2) is 0 Å². The largest absolute Gasteiger partial charge is 0.0799 e. The van der Waals surface area contributed by atoms with Gasteiger partial charge in [0.05, 0.1) is 0 Å². The zero-order chi connectivity index (χ0) is 11.9. The summed E-state index contributed by atoms with van der Waals surface area (Å²) >= 11 is 0. The zero-order valence-electron chi connectivity index (χ0n) is 11.4. The molecule has 1 aliphatic rings. The van der Waals surface area contributed by atoms with Crippen LogP contribution in [0.25, 0.3) is 0 Å². The first-order valence-corrected chi connectivity index (χ1v) is 5.96. The van der Waals surface area contributed by atoms with E-state index in [1.165, 1.54) is 12.0 Å². The molecule has 0 aromatic carbocycles. The molecule has 1 aliphatic carbocycles. The van der Waals surface area contributed by atoms with Gasteiger partial charge >= 0.3 is 0 Å². The maximum absolute atomic E-state index is 2.42. The van der Waals surface area contributed by atoms with Crippen molar-refractivity contribution < 1.29 is 0 Å². The fourth-order valence-electron chi connectivity index (χ4n) is 1.84. The smallest absolute Gasteiger partial charge is 0.00601 e. The Hall–Kier alpha value is -0.520. The van der Waals surface area contributed by atoms with Crippen molar-refractivity contribution in [2.75, 3.05) is 0 Å². The minimum absolute atomic E-state index is 0.287. The van der Waals surface area contributed by atoms with E-state index < -0.39 is 0 Å². The summed E-state index contributed by atoms with van der Waals surface area (Å²) in [4.78, 5) is 0. The van der Waals surface area contributed by atoms with E-state index in [1.807, 2.05) is 0 Å². The highest BCUT2D eigenvalue weighted by atomic mass is 14.4. The summed E-state index contributed by atoms with van der Waals surface area (Å²) < 4.78 is 0. The van der Waals surface area contributed by atoms with Crippen molar-refractivity contribution in [3.63, 3.8) is 0 Å². The molecule has 0 aromatic heterocycles. The van der Waals surface area contributed by atoms with Crippen molar-refractivity contribution in [1.29, 1.82) is 0 Å². The molecular weight excluding hydrogens is 180 g/mol. The van der Waals surface area contributed by atoms with Crippen molar-refractivity contribution in [3.05, 3.63) is 23.8 Å². The van der Waals surface area contributed by atoms with Crippen LogP contribution in [0.3, 0.4) is 0 Å². The lowest BCUT2D eigenvalue weighted by Crippen LogP contribution is -2.32. The Labute approximate surface area is 95.5 Å². The molecule has 0 nitrogen and oxygen atoms in total. The van der Waals surface area contributed by atoms with Crippen molar-refractivity contribution in [2.24, 2.45) is 16.2 Å². The predicted molar refractivity (Wildman–Crippen MR) is 68.9 cm³/mol. The Bertz CT molecular complexity index is 291. The monoisotopic (exact) mass is 206 g/mol. The molecule has 0 amide bonds. The van der Waals surface area contributed by atoms with E-state index in [9.17, 15) is 0 Å². The molecule has 0 saturated heterocycles. The number of rotatable bonds is 0. The van der Waals surface area contributed by atoms with E-state index in [0.29, 0.717) is 10.8 Å². The quantitative estimate of drug-likeness (QED) is 0.525. The van der Waals surface area contributed by atoms with E-state index in [2.05, 4.69) is 66.7 Å². The van der Waals surface area contributed by atoms with Gasteiger partial charge in [-0.15, -0.1) is 0 Å². The van der Waals surface area contributed by atoms with Gasteiger partial charge in [-0.3, -0.25) is 0 Å². The number of hydrogen-bond acceptors (Lipinski definition) is 0. The third kappa shape index (κ3) is 2.53. The molecule has 86 valence electrons. The van der Waals surface area contributed by atoms with Crippen LogP contribution in [0.5, 0.6) is 0 Å². The first kappa shape index (κ1) is 12.5. The molecular formula is C15H26. The molecule has 0 bridgehead atoms. The van der Waals surface area contributed by atoms with E-state index in [-0.39, 0.29) is 5.41 Å². The van der Waals surface area contributed by atoms with Gasteiger partial charge in [-0.2, -0.15) is 0 Å². The molecule has 0 N–H and O–H groups in total. The predicted octanol–water partition coefficient (Wildman–Crippen LogP) is 4.97. The Morgan fingerprint density at radius 2 is 1.60 bits per heavy atom. The summed E-state index contributed by atoms with van der Waals surface area (Å²) in [6.45, 7) is 16.2. The summed E-state index contributed by atoms with van der Waals surface area (Å²) in [6.07, 6.45) is 8.33. The lowest BCUT2D eigenvalue weighted by molar-refractivity contribution is 0.168. The topological polar surface area (TPSA) is 0 Å². The van der Waals surface area contributed by atoms with Crippen LogP contribution in [0, 0.1) is 16.2 Å². The molecule has 0 fully saturated rings. The molecule has 0 saturated carbocycles. The zero-order valence-corrected chi connectivity index (χ0v) is 11.4. The van der Waals surface area contributed by atoms with Crippen LogP contribution in [0.2, 0.25) is 0 Å². The molecule has 1 rings (SSSR count). The second-order valence-electron chi connectivity index (χ2n) is 7.11. The lowest BCUT2D eigenvalue weighted by Gasteiger charge is -2.42. The fraction of sp³-hybridized carbons (Fsp3) is 0.733. The number of allylic oxidation sites excluding steroid dienone is 4. The maximum atomic E-state index is 2.42. The van der Waals surface area contributed by atoms with Crippen LogP contribution in [0.4, 0.5) is 0 Å². The first-order valence-electron chi connectivity index (χ1n) is 5.96. The van der Waals surface area contributed by atoms with Gasteiger partial charge in [-0.1, -0.05) is 66.7 Å². The fourth-order valence-corrected chi connectivity index (χ4v) is 1.84. The van der Waals surface area contributed by atoms with Gasteiger partial charge in [0.2, 0.25) is 0 Å². The van der Waals surface area contributed by atoms with Gasteiger partial charge in [0.25, 0.3) is 0 Å². The van der Waals surface area contributed by atoms with E-state index >= 15 is 0 Å². The van der Waals surface area contributed by atoms with E-state index in [4.69, 9.17) is 0 Å². The SMILES string of the molecule is CC(C)(C)C1=CCC(C)(C(C)(C)C)C=C1. The molecule has 0 spiro atoms. The lowest BCUT2D eigenvalue weighted by atomic mass is 9.63. The summed E-state index contributed by atoms with van der Waals surface area (Å²) in [7, 11) is 0. The average Bonchev–Trinajstić information content (AvgIpc) is 2.01. The Balaban J connectivity index is 2.90. The van der Waals surface area contributed by atoms with Crippen molar-refractivity contribution in [1.82, 2.24) is 0 Å². The van der Waals surface area contributed by atoms with Gasteiger partial charge in [0, 0.05) is 0 Å². The molecule has 0 radical (unpaired) electrons. The highest BCUT2D eigenvalue weighted by Crippen LogP contribution is 2.46. The van der Waals surface area contributed by atoms with Gasteiger partial charge in [0.1, 0.15) is 0 Å². The molecule has 0 heteroatoms. The van der Waals surface area contributed by atoms with Crippen LogP contribution in [-0.2, 0) is 0 Å². The minimum atomic E-state index is 0.287. The standard InChI is InChI=1S/C15H26/c1-13(2,3)12-8-10-15(7,11-9-12)14(4,5)6/h8-10H,11H2,1-7H3. The summed E-state index contributed by atoms with van der Waals surface area (Å²) in [5.74, 6) is 0. The second kappa shape index (κ2) is 3.50. The highest BCUT2D eigenvalue weighted by molar-refractivity contribution is 5.31. The van der Waals surface area contributed by atoms with Gasteiger partial charge in [0.15, 0.2) is 0 Å². The normalized spacial score (nSPS) is 27.8. The Morgan fingerprint density at radius 1 is 1.07 bits per heavy atom. The molecule has 15 heavy (non-hydrogen) atoms. The Kier molecular flexibility index (Phi) is 2.93. The minimum Gasteiger partial charge on any atom is -0.0799 e. The average molecular weight is 206 g/mol. The van der Waals surface area contributed by atoms with E-state index in [0.717, 1.165) is 0 Å². The van der Waals surface area contributed by atoms with Crippen molar-refractivity contribution in [3.8, 4) is 0 Å². The summed E-state index contributed by atoms with van der Waals surface area (Å²) in [6, 6.07) is 0. The summed E-state index contributed by atoms with van der Waals surface area (Å²) in [5, 5.41) is 0. The van der Waals surface area contributed by atoms with Gasteiger partial charge in [-0.25, -0.2) is 0 Å². The third-order valence-electron chi connectivity index (χ3n) is 3.96. The molecule has 0 heterocycles. The Morgan fingerprint density at radius 3 is 1.87 bits per heavy atom. The molecule has 1 atom stereocenters. The van der Waals surface area contributed by atoms with Crippen molar-refractivity contribution in [2.45, 2.75) is 54.9 Å². The number of hydrogen-bond donors (Lipinski definition) is 0. The maximum Gasteiger partial charge on any atom is -0.00601 e. The van der Waals surface area contributed by atoms with Gasteiger partial charge < -0.3 is 0 Å². The van der Waals surface area contributed by atoms with Crippen molar-refractivity contribution >= 4 is 0 Å². The second-order valence-corrected chi connectivity index (χ2v) is 7.11. The van der Waals surface area contributed by atoms with Crippen LogP contribution in [0.1, 0.15) is 54.9 Å².